The Morgan fingerprint density at radius 2 is 2.21 bits per heavy atom. The summed E-state index contributed by atoms with van der Waals surface area (Å²) in [5.74, 6) is 1.25. The summed E-state index contributed by atoms with van der Waals surface area (Å²) in [5.41, 5.74) is 1.15. The van der Waals surface area contributed by atoms with E-state index in [4.69, 9.17) is 0 Å². The molecule has 0 spiro atoms. The number of hydrogen-bond donors (Lipinski definition) is 2. The fourth-order valence-corrected chi connectivity index (χ4v) is 3.84. The van der Waals surface area contributed by atoms with Crippen LogP contribution in [0.25, 0.3) is 0 Å². The van der Waals surface area contributed by atoms with Gasteiger partial charge < -0.3 is 5.32 Å². The smallest absolute Gasteiger partial charge is 0.233 e. The quantitative estimate of drug-likeness (QED) is 0.818. The van der Waals surface area contributed by atoms with Crippen molar-refractivity contribution in [3.05, 3.63) is 35.9 Å². The van der Waals surface area contributed by atoms with Crippen LogP contribution in [0.3, 0.4) is 0 Å². The van der Waals surface area contributed by atoms with E-state index < -0.39 is 0 Å². The lowest BCUT2D eigenvalue weighted by atomic mass is 10.1. The van der Waals surface area contributed by atoms with E-state index in [2.05, 4.69) is 24.9 Å². The molecule has 1 aromatic carbocycles. The van der Waals surface area contributed by atoms with Crippen molar-refractivity contribution < 1.29 is 4.79 Å². The van der Waals surface area contributed by atoms with Crippen LogP contribution in [0, 0.1) is 0 Å². The second kappa shape index (κ2) is 6.71. The van der Waals surface area contributed by atoms with Crippen molar-refractivity contribution in [1.29, 1.82) is 0 Å². The molecule has 1 aliphatic heterocycles. The lowest BCUT2D eigenvalue weighted by Gasteiger charge is -2.23. The standard InChI is InChI=1S/C15H21NOS2/c1-15(8-5-9-19-15)11-16-14(17)13(18)10-12-6-3-2-4-7-12/h2-4,6-7,13,18H,5,8-11H2,1H3,(H,16,17). The van der Waals surface area contributed by atoms with Crippen LogP contribution in [0.1, 0.15) is 25.3 Å². The number of benzene rings is 1. The van der Waals surface area contributed by atoms with Crippen molar-refractivity contribution in [3.63, 3.8) is 0 Å². The highest BCUT2D eigenvalue weighted by Crippen LogP contribution is 2.36. The largest absolute Gasteiger partial charge is 0.354 e. The number of amides is 1. The Bertz CT molecular complexity index is 415. The molecular formula is C15H21NOS2. The Kier molecular flexibility index (Phi) is 5.22. The molecule has 1 amide bonds. The van der Waals surface area contributed by atoms with Gasteiger partial charge in [0.05, 0.1) is 5.25 Å². The summed E-state index contributed by atoms with van der Waals surface area (Å²) >= 11 is 6.38. The average Bonchev–Trinajstić information content (AvgIpc) is 2.84. The molecule has 1 aliphatic rings. The van der Waals surface area contributed by atoms with E-state index in [1.165, 1.54) is 18.6 Å². The van der Waals surface area contributed by atoms with E-state index >= 15 is 0 Å². The zero-order chi connectivity index (χ0) is 13.7. The van der Waals surface area contributed by atoms with Gasteiger partial charge in [0.1, 0.15) is 0 Å². The summed E-state index contributed by atoms with van der Waals surface area (Å²) in [7, 11) is 0. The second-order valence-electron chi connectivity index (χ2n) is 5.33. The van der Waals surface area contributed by atoms with Crippen LogP contribution in [0.4, 0.5) is 0 Å². The van der Waals surface area contributed by atoms with E-state index in [-0.39, 0.29) is 15.9 Å². The van der Waals surface area contributed by atoms with Crippen molar-refractivity contribution in [3.8, 4) is 0 Å². The highest BCUT2D eigenvalue weighted by Gasteiger charge is 2.30. The number of rotatable bonds is 5. The van der Waals surface area contributed by atoms with Gasteiger partial charge in [-0.15, -0.1) is 0 Å². The van der Waals surface area contributed by atoms with Gasteiger partial charge in [-0.25, -0.2) is 0 Å². The molecule has 0 saturated carbocycles. The number of carbonyl (C=O) groups excluding carboxylic acids is 1. The van der Waals surface area contributed by atoms with Gasteiger partial charge in [-0.2, -0.15) is 24.4 Å². The van der Waals surface area contributed by atoms with Crippen molar-refractivity contribution in [1.82, 2.24) is 5.32 Å². The third kappa shape index (κ3) is 4.46. The van der Waals surface area contributed by atoms with E-state index in [1.807, 2.05) is 42.1 Å². The van der Waals surface area contributed by atoms with Crippen molar-refractivity contribution in [2.75, 3.05) is 12.3 Å². The molecule has 2 rings (SSSR count). The molecule has 1 N–H and O–H groups in total. The van der Waals surface area contributed by atoms with Crippen LogP contribution < -0.4 is 5.32 Å². The molecule has 0 bridgehead atoms. The zero-order valence-electron chi connectivity index (χ0n) is 11.3. The summed E-state index contributed by atoms with van der Waals surface area (Å²) < 4.78 is 0.218. The minimum absolute atomic E-state index is 0.0425. The highest BCUT2D eigenvalue weighted by atomic mass is 32.2. The molecule has 1 fully saturated rings. The number of hydrogen-bond acceptors (Lipinski definition) is 3. The monoisotopic (exact) mass is 295 g/mol. The molecule has 1 heterocycles. The molecule has 1 saturated heterocycles. The van der Waals surface area contributed by atoms with Gasteiger partial charge in [0.25, 0.3) is 0 Å². The van der Waals surface area contributed by atoms with Gasteiger partial charge in [0.15, 0.2) is 0 Å². The summed E-state index contributed by atoms with van der Waals surface area (Å²) in [5, 5.41) is 2.78. The first kappa shape index (κ1) is 14.8. The minimum Gasteiger partial charge on any atom is -0.354 e. The maximum absolute atomic E-state index is 12.0. The normalized spacial score (nSPS) is 24.1. The minimum atomic E-state index is -0.266. The molecular weight excluding hydrogens is 274 g/mol. The van der Waals surface area contributed by atoms with Crippen molar-refractivity contribution >= 4 is 30.3 Å². The first-order valence-corrected chi connectivity index (χ1v) is 8.23. The van der Waals surface area contributed by atoms with E-state index in [0.717, 1.165) is 12.1 Å². The van der Waals surface area contributed by atoms with Crippen LogP contribution in [0.15, 0.2) is 30.3 Å². The molecule has 2 unspecified atom stereocenters. The highest BCUT2D eigenvalue weighted by molar-refractivity contribution is 8.00. The molecule has 1 aromatic rings. The third-order valence-electron chi connectivity index (χ3n) is 3.51. The van der Waals surface area contributed by atoms with Gasteiger partial charge in [0.2, 0.25) is 5.91 Å². The van der Waals surface area contributed by atoms with Crippen LogP contribution in [-0.2, 0) is 11.2 Å². The SMILES string of the molecule is CC1(CNC(=O)C(S)Cc2ccccc2)CCCS1. The predicted molar refractivity (Wildman–Crippen MR) is 86.0 cm³/mol. The third-order valence-corrected chi connectivity index (χ3v) is 5.47. The fourth-order valence-electron chi connectivity index (χ4n) is 2.30. The van der Waals surface area contributed by atoms with E-state index in [9.17, 15) is 4.79 Å². The first-order chi connectivity index (χ1) is 9.09. The van der Waals surface area contributed by atoms with Gasteiger partial charge in [-0.05, 0) is 37.5 Å². The van der Waals surface area contributed by atoms with Crippen LogP contribution in [0.2, 0.25) is 0 Å². The maximum atomic E-state index is 12.0. The summed E-state index contributed by atoms with van der Waals surface area (Å²) in [6.07, 6.45) is 3.12. The topological polar surface area (TPSA) is 29.1 Å². The van der Waals surface area contributed by atoms with E-state index in [0.29, 0.717) is 6.42 Å². The predicted octanol–water partition coefficient (Wildman–Crippen LogP) is 2.93. The van der Waals surface area contributed by atoms with Gasteiger partial charge in [0, 0.05) is 11.3 Å². The van der Waals surface area contributed by atoms with Gasteiger partial charge in [-0.3, -0.25) is 4.79 Å². The first-order valence-electron chi connectivity index (χ1n) is 6.73. The number of thioether (sulfide) groups is 1. The Balaban J connectivity index is 1.79. The van der Waals surface area contributed by atoms with E-state index in [1.54, 1.807) is 0 Å². The maximum Gasteiger partial charge on any atom is 0.233 e. The Hall–Kier alpha value is -0.610. The zero-order valence-corrected chi connectivity index (χ0v) is 13.0. The van der Waals surface area contributed by atoms with Crippen LogP contribution in [-0.4, -0.2) is 28.2 Å². The second-order valence-corrected chi connectivity index (χ2v) is 7.63. The summed E-state index contributed by atoms with van der Waals surface area (Å²) in [4.78, 5) is 12.0. The number of nitrogens with one attached hydrogen (secondary N) is 1. The Morgan fingerprint density at radius 3 is 2.84 bits per heavy atom. The van der Waals surface area contributed by atoms with Crippen molar-refractivity contribution in [2.45, 2.75) is 36.2 Å². The summed E-state index contributed by atoms with van der Waals surface area (Å²) in [6, 6.07) is 10.0. The lowest BCUT2D eigenvalue weighted by molar-refractivity contribution is -0.120. The lowest BCUT2D eigenvalue weighted by Crippen LogP contribution is -2.40. The molecule has 104 valence electrons. The van der Waals surface area contributed by atoms with Crippen LogP contribution >= 0.6 is 24.4 Å². The number of thiol groups is 1. The molecule has 19 heavy (non-hydrogen) atoms. The van der Waals surface area contributed by atoms with Gasteiger partial charge in [-0.1, -0.05) is 30.3 Å². The molecule has 0 aliphatic carbocycles. The Morgan fingerprint density at radius 1 is 1.47 bits per heavy atom. The fraction of sp³-hybridized carbons (Fsp3) is 0.533. The molecule has 2 nitrogen and oxygen atoms in total. The van der Waals surface area contributed by atoms with Gasteiger partial charge >= 0.3 is 0 Å². The molecule has 0 radical (unpaired) electrons. The molecule has 4 heteroatoms. The molecule has 2 atom stereocenters. The molecule has 0 aromatic heterocycles. The summed E-state index contributed by atoms with van der Waals surface area (Å²) in [6.45, 7) is 2.98. The van der Waals surface area contributed by atoms with Crippen LogP contribution in [0.5, 0.6) is 0 Å². The Labute approximate surface area is 125 Å². The van der Waals surface area contributed by atoms with Crippen molar-refractivity contribution in [2.24, 2.45) is 0 Å². The number of carbonyl (C=O) groups is 1. The average molecular weight is 295 g/mol.